The number of aromatic nitrogens is 4. The topological polar surface area (TPSA) is 163 Å². The first-order chi connectivity index (χ1) is 39.1. The van der Waals surface area contributed by atoms with Gasteiger partial charge in [0.1, 0.15) is 70.3 Å². The van der Waals surface area contributed by atoms with E-state index in [0.29, 0.717) is 88.9 Å². The fourth-order valence-corrected chi connectivity index (χ4v) is 11.0. The molecule has 7 aromatic carbocycles. The quantitative estimate of drug-likeness (QED) is 0.0965. The SMILES string of the molecule is COc1ccc(C(OC[C@@H]2COc3ccc(OCc4ccnc(-c5ccccc5OC)n4)c(c3)C[C@H](C(=O)O)Oc3ncnc4sc(-c5ccc(F)cc5)c(c34)-c3ccc(c(Cl)c3)O2)(c2ccccc2)c2ccc(OC)cc2)cc1. The molecule has 12 rings (SSSR count). The monoisotopic (exact) mass is 1110 g/mol. The van der Waals surface area contributed by atoms with E-state index in [2.05, 4.69) is 15.0 Å². The number of rotatable bonds is 15. The molecule has 5 heterocycles. The molecule has 80 heavy (non-hydrogen) atoms. The molecule has 0 fully saturated rings. The Morgan fingerprint density at radius 3 is 2.14 bits per heavy atom. The Morgan fingerprint density at radius 2 is 1.44 bits per heavy atom. The van der Waals surface area contributed by atoms with Crippen LogP contribution in [0.5, 0.6) is 40.4 Å². The molecular weight excluding hydrogens is 1060 g/mol. The smallest absolute Gasteiger partial charge is 0.345 e. The highest BCUT2D eigenvalue weighted by Crippen LogP contribution is 2.49. The number of thiophene rings is 1. The van der Waals surface area contributed by atoms with E-state index in [-0.39, 0.29) is 37.1 Å². The lowest BCUT2D eigenvalue weighted by Crippen LogP contribution is -2.39. The van der Waals surface area contributed by atoms with E-state index in [1.807, 2.05) is 109 Å². The highest BCUT2D eigenvalue weighted by Gasteiger charge is 2.39. The molecule has 2 aliphatic rings. The fraction of sp³-hybridized carbons (Fsp3) is 0.159. The van der Waals surface area contributed by atoms with Gasteiger partial charge in [0.25, 0.3) is 0 Å². The van der Waals surface area contributed by atoms with Gasteiger partial charge in [-0.05, 0) is 113 Å². The number of ether oxygens (including phenoxy) is 8. The summed E-state index contributed by atoms with van der Waals surface area (Å²) in [4.78, 5) is 33.1. The second kappa shape index (κ2) is 23.5. The Hall–Kier alpha value is -9.09. The highest BCUT2D eigenvalue weighted by molar-refractivity contribution is 7.22. The van der Waals surface area contributed by atoms with E-state index in [4.69, 9.17) is 54.5 Å². The van der Waals surface area contributed by atoms with Crippen LogP contribution in [-0.2, 0) is 28.2 Å². The lowest BCUT2D eigenvalue weighted by molar-refractivity contribution is -0.145. The number of hydrogen-bond acceptors (Lipinski definition) is 14. The molecule has 402 valence electrons. The summed E-state index contributed by atoms with van der Waals surface area (Å²) >= 11 is 8.61. The zero-order chi connectivity index (χ0) is 55.2. The van der Waals surface area contributed by atoms with Crippen LogP contribution in [0.4, 0.5) is 4.39 Å². The summed E-state index contributed by atoms with van der Waals surface area (Å²) < 4.78 is 65.2. The number of methoxy groups -OCH3 is 3. The fourth-order valence-electron chi connectivity index (χ4n) is 9.65. The molecule has 4 bridgehead atoms. The van der Waals surface area contributed by atoms with Gasteiger partial charge in [-0.15, -0.1) is 11.3 Å². The lowest BCUT2D eigenvalue weighted by atomic mass is 9.80. The Kier molecular flexibility index (Phi) is 15.5. The van der Waals surface area contributed by atoms with Gasteiger partial charge in [0.15, 0.2) is 11.9 Å². The summed E-state index contributed by atoms with van der Waals surface area (Å²) in [5.41, 5.74) is 4.78. The number of fused-ring (bicyclic) bond motifs is 7. The van der Waals surface area contributed by atoms with Crippen LogP contribution in [0, 0.1) is 5.82 Å². The maximum Gasteiger partial charge on any atom is 0.345 e. The predicted octanol–water partition coefficient (Wildman–Crippen LogP) is 13.1. The average molecular weight is 1110 g/mol. The van der Waals surface area contributed by atoms with E-state index in [9.17, 15) is 14.3 Å². The first-order valence-electron chi connectivity index (χ1n) is 25.3. The van der Waals surface area contributed by atoms with Crippen molar-refractivity contribution in [1.82, 2.24) is 19.9 Å². The third-order valence-corrected chi connectivity index (χ3v) is 15.0. The van der Waals surface area contributed by atoms with E-state index < -0.39 is 29.6 Å². The van der Waals surface area contributed by atoms with Crippen LogP contribution in [-0.4, -0.2) is 77.8 Å². The number of halogens is 2. The summed E-state index contributed by atoms with van der Waals surface area (Å²) in [5, 5.41) is 11.7. The minimum Gasteiger partial charge on any atom is -0.497 e. The first kappa shape index (κ1) is 52.9. The van der Waals surface area contributed by atoms with Gasteiger partial charge in [-0.1, -0.05) is 96.5 Å². The summed E-state index contributed by atoms with van der Waals surface area (Å²) in [6.07, 6.45) is 0.382. The molecule has 0 unspecified atom stereocenters. The Balaban J connectivity index is 1.03. The minimum atomic E-state index is -1.52. The predicted molar refractivity (Wildman–Crippen MR) is 302 cm³/mol. The van der Waals surface area contributed by atoms with Crippen molar-refractivity contribution in [3.05, 3.63) is 221 Å². The number of hydrogen-bond donors (Lipinski definition) is 1. The Bertz CT molecular complexity index is 3770. The number of nitrogens with zero attached hydrogens (tertiary/aromatic N) is 4. The molecular formula is C63H50ClFN4O10S. The molecule has 17 heteroatoms. The molecule has 3 aromatic heterocycles. The van der Waals surface area contributed by atoms with E-state index >= 15 is 0 Å². The average Bonchev–Trinajstić information content (AvgIpc) is 3.94. The summed E-state index contributed by atoms with van der Waals surface area (Å²) in [7, 11) is 4.82. The molecule has 1 N–H and O–H groups in total. The van der Waals surface area contributed by atoms with Crippen molar-refractivity contribution >= 4 is 39.1 Å². The van der Waals surface area contributed by atoms with E-state index in [0.717, 1.165) is 16.7 Å². The summed E-state index contributed by atoms with van der Waals surface area (Å²) in [6, 6.07) is 51.1. The van der Waals surface area contributed by atoms with Crippen LogP contribution in [0.2, 0.25) is 5.02 Å². The molecule has 14 nitrogen and oxygen atoms in total. The first-order valence-corrected chi connectivity index (χ1v) is 26.5. The number of carboxylic acids is 1. The Labute approximate surface area is 468 Å². The molecule has 0 radical (unpaired) electrons. The zero-order valence-corrected chi connectivity index (χ0v) is 45.0. The van der Waals surface area contributed by atoms with Gasteiger partial charge >= 0.3 is 5.97 Å². The van der Waals surface area contributed by atoms with Gasteiger partial charge in [-0.25, -0.2) is 29.1 Å². The van der Waals surface area contributed by atoms with Gasteiger partial charge in [0, 0.05) is 28.6 Å². The van der Waals surface area contributed by atoms with Crippen molar-refractivity contribution in [3.63, 3.8) is 0 Å². The number of aliphatic carboxylic acids is 1. The van der Waals surface area contributed by atoms with Crippen LogP contribution in [0.3, 0.4) is 0 Å². The van der Waals surface area contributed by atoms with Crippen LogP contribution in [0.15, 0.2) is 182 Å². The highest BCUT2D eigenvalue weighted by atomic mass is 35.5. The van der Waals surface area contributed by atoms with Crippen molar-refractivity contribution in [2.45, 2.75) is 30.8 Å². The minimum absolute atomic E-state index is 0.00957. The van der Waals surface area contributed by atoms with Crippen LogP contribution in [0.1, 0.15) is 27.9 Å². The molecule has 0 saturated heterocycles. The largest absolute Gasteiger partial charge is 0.497 e. The third kappa shape index (κ3) is 11.0. The number of benzene rings is 7. The maximum atomic E-state index is 14.5. The molecule has 2 aliphatic heterocycles. The molecule has 10 aromatic rings. The zero-order valence-electron chi connectivity index (χ0n) is 43.4. The summed E-state index contributed by atoms with van der Waals surface area (Å²) in [6.45, 7) is -0.154. The Morgan fingerprint density at radius 1 is 0.738 bits per heavy atom. The van der Waals surface area contributed by atoms with Crippen molar-refractivity contribution in [2.24, 2.45) is 0 Å². The van der Waals surface area contributed by atoms with Crippen molar-refractivity contribution in [3.8, 4) is 73.3 Å². The van der Waals surface area contributed by atoms with Gasteiger partial charge in [-0.2, -0.15) is 0 Å². The van der Waals surface area contributed by atoms with Crippen LogP contribution >= 0.6 is 22.9 Å². The summed E-state index contributed by atoms with van der Waals surface area (Å²) in [5.74, 6) is 1.74. The number of carboxylic acid groups (broad SMARTS) is 1. The lowest BCUT2D eigenvalue weighted by Gasteiger charge is -2.37. The van der Waals surface area contributed by atoms with Gasteiger partial charge < -0.3 is 43.0 Å². The third-order valence-electron chi connectivity index (χ3n) is 13.6. The number of para-hydroxylation sites is 1. The molecule has 0 saturated carbocycles. The van der Waals surface area contributed by atoms with Gasteiger partial charge in [0.2, 0.25) is 12.0 Å². The molecule has 2 atom stereocenters. The van der Waals surface area contributed by atoms with Gasteiger partial charge in [0.05, 0.1) is 49.6 Å². The molecule has 0 amide bonds. The van der Waals surface area contributed by atoms with Crippen molar-refractivity contribution in [2.75, 3.05) is 34.5 Å². The van der Waals surface area contributed by atoms with Crippen molar-refractivity contribution in [1.29, 1.82) is 0 Å². The van der Waals surface area contributed by atoms with Crippen molar-refractivity contribution < 1.29 is 52.2 Å². The molecule has 0 spiro atoms. The molecule has 0 aliphatic carbocycles. The van der Waals surface area contributed by atoms with E-state index in [1.165, 1.54) is 29.8 Å². The second-order valence-electron chi connectivity index (χ2n) is 18.5. The normalized spacial score (nSPS) is 14.3. The van der Waals surface area contributed by atoms with Crippen LogP contribution < -0.4 is 33.2 Å². The van der Waals surface area contributed by atoms with Crippen LogP contribution in [0.25, 0.3) is 43.2 Å². The second-order valence-corrected chi connectivity index (χ2v) is 19.9. The van der Waals surface area contributed by atoms with E-state index in [1.54, 1.807) is 76.1 Å². The maximum absolute atomic E-state index is 14.5. The van der Waals surface area contributed by atoms with Gasteiger partial charge in [-0.3, -0.25) is 0 Å². The standard InChI is InChI=1S/C63H50ClFN4O10S/c1-72-46-22-16-42(17-23-46)63(41-9-5-4-6-10-41,43-18-24-47(73-2)25-19-43)77-36-49-35-75-48-26-28-52(76-34-45-29-30-66-59(69-45)50-11-7-8-12-53(50)74-3)40(31-48)33-55(62(70)71)79-60-57-56(39-15-27-54(78-49)51(64)32-39)58(80-61(57)68-37-67-60)38-13-20-44(65)21-14-38/h4-32,37,49,55H,33-36H2,1-3H3,(H,70,71)/t49-,55+/m0/s1. The number of carbonyl (C=O) groups is 1.